The second kappa shape index (κ2) is 7.87. The number of ketones is 1. The summed E-state index contributed by atoms with van der Waals surface area (Å²) in [6.07, 6.45) is 4.25. The molecule has 0 N–H and O–H groups in total. The zero-order valence-electron chi connectivity index (χ0n) is 14.7. The van der Waals surface area contributed by atoms with Crippen LogP contribution in [0.25, 0.3) is 11.3 Å². The van der Waals surface area contributed by atoms with Crippen molar-refractivity contribution in [2.24, 2.45) is 0 Å². The highest BCUT2D eigenvalue weighted by atomic mass is 79.9. The fraction of sp³-hybridized carbons (Fsp3) is 0.238. The molecule has 2 aromatic carbocycles. The van der Waals surface area contributed by atoms with Gasteiger partial charge in [-0.2, -0.15) is 0 Å². The molecule has 2 heterocycles. The van der Waals surface area contributed by atoms with E-state index < -0.39 is 0 Å². The van der Waals surface area contributed by atoms with Crippen LogP contribution >= 0.6 is 0 Å². The standard InChI is InChI=1S/C21H21N2O2.BrH/c1-25-18-10-5-9-17(13-18)20(24)15-22-14-19(16-7-3-2-4-8-16)23-12-6-11-21(22)23;/h2-5,7-10,13-14H,6,11-12,15H2,1H3;1H/q+1;/p-1. The Morgan fingerprint density at radius 3 is 2.73 bits per heavy atom. The van der Waals surface area contributed by atoms with Gasteiger partial charge in [0.15, 0.2) is 12.2 Å². The molecule has 0 unspecified atom stereocenters. The van der Waals surface area contributed by atoms with E-state index >= 15 is 0 Å². The molecule has 134 valence electrons. The molecule has 1 aliphatic heterocycles. The molecule has 0 saturated heterocycles. The monoisotopic (exact) mass is 412 g/mol. The van der Waals surface area contributed by atoms with Crippen LogP contribution in [-0.4, -0.2) is 17.5 Å². The third-order valence-electron chi connectivity index (χ3n) is 4.77. The number of benzene rings is 2. The Kier molecular flexibility index (Phi) is 5.57. The summed E-state index contributed by atoms with van der Waals surface area (Å²) < 4.78 is 9.68. The Hall–Kier alpha value is -2.40. The fourth-order valence-electron chi connectivity index (χ4n) is 3.53. The summed E-state index contributed by atoms with van der Waals surface area (Å²) in [5.41, 5.74) is 3.07. The summed E-state index contributed by atoms with van der Waals surface area (Å²) in [5, 5.41) is 0. The lowest BCUT2D eigenvalue weighted by atomic mass is 10.1. The second-order valence-corrected chi connectivity index (χ2v) is 6.33. The first kappa shape index (κ1) is 18.4. The number of carbonyl (C=O) groups is 1. The molecule has 0 bridgehead atoms. The predicted octanol–water partition coefficient (Wildman–Crippen LogP) is 0.284. The van der Waals surface area contributed by atoms with Crippen molar-refractivity contribution in [2.75, 3.05) is 7.11 Å². The van der Waals surface area contributed by atoms with Gasteiger partial charge in [0.1, 0.15) is 11.9 Å². The van der Waals surface area contributed by atoms with Gasteiger partial charge in [0, 0.05) is 11.1 Å². The average molecular weight is 413 g/mol. The molecule has 0 saturated carbocycles. The third-order valence-corrected chi connectivity index (χ3v) is 4.77. The number of hydrogen-bond donors (Lipinski definition) is 0. The predicted molar refractivity (Wildman–Crippen MR) is 95.7 cm³/mol. The lowest BCUT2D eigenvalue weighted by molar-refractivity contribution is -0.689. The molecular weight excluding hydrogens is 392 g/mol. The maximum absolute atomic E-state index is 12.7. The summed E-state index contributed by atoms with van der Waals surface area (Å²) in [6, 6.07) is 17.7. The van der Waals surface area contributed by atoms with E-state index in [9.17, 15) is 4.79 Å². The second-order valence-electron chi connectivity index (χ2n) is 6.33. The van der Waals surface area contributed by atoms with E-state index in [0.29, 0.717) is 17.9 Å². The first-order valence-corrected chi connectivity index (χ1v) is 8.61. The molecule has 4 nitrogen and oxygen atoms in total. The number of imidazole rings is 1. The first-order chi connectivity index (χ1) is 12.3. The fourth-order valence-corrected chi connectivity index (χ4v) is 3.53. The van der Waals surface area contributed by atoms with Crippen molar-refractivity contribution in [1.82, 2.24) is 4.57 Å². The van der Waals surface area contributed by atoms with Crippen molar-refractivity contribution >= 4 is 5.78 Å². The van der Waals surface area contributed by atoms with Gasteiger partial charge in [-0.25, -0.2) is 9.13 Å². The number of rotatable bonds is 5. The average Bonchev–Trinajstić information content (AvgIpc) is 3.26. The van der Waals surface area contributed by atoms with Crippen LogP contribution in [0.4, 0.5) is 0 Å². The van der Waals surface area contributed by atoms with Crippen LogP contribution in [0.1, 0.15) is 22.6 Å². The number of carbonyl (C=O) groups excluding carboxylic acids is 1. The van der Waals surface area contributed by atoms with Gasteiger partial charge in [-0.05, 0) is 18.6 Å². The molecule has 1 aromatic heterocycles. The molecule has 0 amide bonds. The molecule has 3 aromatic rings. The topological polar surface area (TPSA) is 35.1 Å². The Labute approximate surface area is 163 Å². The summed E-state index contributed by atoms with van der Waals surface area (Å²) >= 11 is 0. The van der Waals surface area contributed by atoms with Gasteiger partial charge in [-0.1, -0.05) is 42.5 Å². The Balaban J connectivity index is 0.00000196. The lowest BCUT2D eigenvalue weighted by Gasteiger charge is -2.03. The van der Waals surface area contributed by atoms with Crippen LogP contribution in [0.3, 0.4) is 0 Å². The van der Waals surface area contributed by atoms with Crippen LogP contribution in [0.5, 0.6) is 5.75 Å². The van der Waals surface area contributed by atoms with Crippen LogP contribution in [0.2, 0.25) is 0 Å². The number of halogens is 1. The maximum Gasteiger partial charge on any atom is 0.257 e. The van der Waals surface area contributed by atoms with Crippen LogP contribution in [0, 0.1) is 0 Å². The van der Waals surface area contributed by atoms with Crippen molar-refractivity contribution in [3.8, 4) is 17.0 Å². The number of fused-ring (bicyclic) bond motifs is 1. The van der Waals surface area contributed by atoms with Gasteiger partial charge in [0.25, 0.3) is 5.82 Å². The van der Waals surface area contributed by atoms with Gasteiger partial charge in [0.05, 0.1) is 20.1 Å². The number of hydrogen-bond acceptors (Lipinski definition) is 2. The Morgan fingerprint density at radius 2 is 1.96 bits per heavy atom. The molecule has 0 fully saturated rings. The molecule has 5 heteroatoms. The van der Waals surface area contributed by atoms with Crippen molar-refractivity contribution in [2.45, 2.75) is 25.9 Å². The zero-order valence-corrected chi connectivity index (χ0v) is 16.3. The lowest BCUT2D eigenvalue weighted by Crippen LogP contribution is -3.00. The van der Waals surface area contributed by atoms with E-state index in [1.807, 2.05) is 24.3 Å². The highest BCUT2D eigenvalue weighted by Gasteiger charge is 2.29. The first-order valence-electron chi connectivity index (χ1n) is 8.61. The molecule has 0 radical (unpaired) electrons. The summed E-state index contributed by atoms with van der Waals surface area (Å²) in [4.78, 5) is 12.7. The van der Waals surface area contributed by atoms with Crippen molar-refractivity contribution in [3.63, 3.8) is 0 Å². The van der Waals surface area contributed by atoms with Crippen molar-refractivity contribution in [1.29, 1.82) is 0 Å². The summed E-state index contributed by atoms with van der Waals surface area (Å²) in [7, 11) is 1.62. The SMILES string of the molecule is COc1cccc(C(=O)C[n+]2cc(-c3ccccc3)n3c2CCC3)c1.[Br-]. The van der Waals surface area contributed by atoms with Gasteiger partial charge < -0.3 is 21.7 Å². The number of aromatic nitrogens is 2. The number of ether oxygens (including phenoxy) is 1. The molecule has 26 heavy (non-hydrogen) atoms. The quantitative estimate of drug-likeness (QED) is 0.445. The van der Waals surface area contributed by atoms with E-state index in [0.717, 1.165) is 19.4 Å². The van der Waals surface area contributed by atoms with Crippen molar-refractivity contribution < 1.29 is 31.1 Å². The molecule has 0 atom stereocenters. The van der Waals surface area contributed by atoms with Gasteiger partial charge >= 0.3 is 0 Å². The molecule has 1 aliphatic rings. The molecule has 0 aliphatic carbocycles. The van der Waals surface area contributed by atoms with Gasteiger partial charge in [-0.3, -0.25) is 4.79 Å². The van der Waals surface area contributed by atoms with Crippen LogP contribution < -0.4 is 26.3 Å². The highest BCUT2D eigenvalue weighted by Crippen LogP contribution is 2.24. The third kappa shape index (κ3) is 3.44. The van der Waals surface area contributed by atoms with Crippen LogP contribution in [-0.2, 0) is 19.5 Å². The Morgan fingerprint density at radius 1 is 1.15 bits per heavy atom. The maximum atomic E-state index is 12.7. The van der Waals surface area contributed by atoms with Gasteiger partial charge in [0.2, 0.25) is 5.78 Å². The minimum atomic E-state index is 0. The van der Waals surface area contributed by atoms with E-state index in [-0.39, 0.29) is 22.8 Å². The highest BCUT2D eigenvalue weighted by molar-refractivity contribution is 5.95. The number of methoxy groups -OCH3 is 1. The smallest absolute Gasteiger partial charge is 0.257 e. The van der Waals surface area contributed by atoms with E-state index in [1.165, 1.54) is 17.1 Å². The van der Waals surface area contributed by atoms with E-state index in [4.69, 9.17) is 4.74 Å². The number of nitrogens with zero attached hydrogens (tertiary/aromatic N) is 2. The molecule has 0 spiro atoms. The largest absolute Gasteiger partial charge is 1.00 e. The van der Waals surface area contributed by atoms with Gasteiger partial charge in [-0.15, -0.1) is 0 Å². The summed E-state index contributed by atoms with van der Waals surface area (Å²) in [6.45, 7) is 1.37. The normalized spacial score (nSPS) is 12.3. The zero-order chi connectivity index (χ0) is 17.2. The van der Waals surface area contributed by atoms with E-state index in [2.05, 4.69) is 39.6 Å². The van der Waals surface area contributed by atoms with Crippen LogP contribution in [0.15, 0.2) is 60.8 Å². The minimum absolute atomic E-state index is 0. The Bertz CT molecular complexity index is 919. The molecular formula is C21H21BrN2O2. The number of Topliss-reactive ketones (excluding diaryl/α,β-unsaturated/α-hetero) is 1. The molecule has 4 rings (SSSR count). The summed E-state index contributed by atoms with van der Waals surface area (Å²) in [5.74, 6) is 2.04. The van der Waals surface area contributed by atoms with Crippen molar-refractivity contribution in [3.05, 3.63) is 72.2 Å². The van der Waals surface area contributed by atoms with E-state index in [1.54, 1.807) is 13.2 Å². The minimum Gasteiger partial charge on any atom is -1.00 e.